The van der Waals surface area contributed by atoms with E-state index < -0.39 is 5.92 Å². The molecule has 1 heterocycles. The zero-order valence-corrected chi connectivity index (χ0v) is 15.5. The van der Waals surface area contributed by atoms with Gasteiger partial charge in [0.2, 0.25) is 0 Å². The van der Waals surface area contributed by atoms with Gasteiger partial charge in [-0.25, -0.2) is 0 Å². The van der Waals surface area contributed by atoms with Gasteiger partial charge in [-0.2, -0.15) is 5.26 Å². The zero-order chi connectivity index (χ0) is 19.4. The summed E-state index contributed by atoms with van der Waals surface area (Å²) in [5.74, 6) is 0.405. The van der Waals surface area contributed by atoms with E-state index >= 15 is 0 Å². The molecule has 0 fully saturated rings. The Hall–Kier alpha value is -3.39. The summed E-state index contributed by atoms with van der Waals surface area (Å²) < 4.78 is 10.8. The summed E-state index contributed by atoms with van der Waals surface area (Å²) in [5, 5.41) is 12.8. The van der Waals surface area contributed by atoms with E-state index in [2.05, 4.69) is 11.2 Å². The molecule has 0 N–H and O–H groups in total. The van der Waals surface area contributed by atoms with Crippen molar-refractivity contribution in [2.24, 2.45) is 0 Å². The molecule has 0 aliphatic carbocycles. The van der Waals surface area contributed by atoms with Gasteiger partial charge < -0.3 is 9.26 Å². The molecular formula is C22H20N2O3. The van der Waals surface area contributed by atoms with Gasteiger partial charge in [0.15, 0.2) is 0 Å². The molecule has 0 spiro atoms. The van der Waals surface area contributed by atoms with Gasteiger partial charge in [0.25, 0.3) is 0 Å². The highest BCUT2D eigenvalue weighted by molar-refractivity contribution is 5.81. The molecule has 3 rings (SSSR count). The number of aromatic nitrogens is 1. The van der Waals surface area contributed by atoms with Crippen LogP contribution in [0.15, 0.2) is 53.1 Å². The van der Waals surface area contributed by atoms with Crippen LogP contribution in [0.25, 0.3) is 11.1 Å². The number of ether oxygens (including phenoxy) is 1. The highest BCUT2D eigenvalue weighted by atomic mass is 16.5. The minimum atomic E-state index is -0.408. The van der Waals surface area contributed by atoms with Gasteiger partial charge in [0, 0.05) is 5.56 Å². The van der Waals surface area contributed by atoms with Crippen molar-refractivity contribution in [2.45, 2.75) is 33.1 Å². The molecular weight excluding hydrogens is 340 g/mol. The van der Waals surface area contributed by atoms with Crippen LogP contribution < -0.4 is 4.74 Å². The summed E-state index contributed by atoms with van der Waals surface area (Å²) in [6.45, 7) is 5.57. The zero-order valence-electron chi connectivity index (χ0n) is 15.5. The third-order valence-corrected chi connectivity index (χ3v) is 4.55. The minimum Gasteiger partial charge on any atom is -0.426 e. The Bertz CT molecular complexity index is 960. The summed E-state index contributed by atoms with van der Waals surface area (Å²) in [5.41, 5.74) is 4.12. The molecule has 1 atom stereocenters. The van der Waals surface area contributed by atoms with Crippen LogP contribution in [-0.2, 0) is 4.79 Å². The molecule has 0 radical (unpaired) electrons. The monoisotopic (exact) mass is 360 g/mol. The lowest BCUT2D eigenvalue weighted by atomic mass is 9.95. The van der Waals surface area contributed by atoms with Gasteiger partial charge >= 0.3 is 5.97 Å². The molecule has 0 bridgehead atoms. The maximum absolute atomic E-state index is 12.6. The third-order valence-electron chi connectivity index (χ3n) is 4.55. The van der Waals surface area contributed by atoms with Crippen LogP contribution in [0.4, 0.5) is 0 Å². The number of aryl methyl sites for hydroxylation is 2. The van der Waals surface area contributed by atoms with Crippen LogP contribution in [0.1, 0.15) is 41.8 Å². The smallest absolute Gasteiger partial charge is 0.319 e. The lowest BCUT2D eigenvalue weighted by Gasteiger charge is -2.14. The van der Waals surface area contributed by atoms with Gasteiger partial charge in [0.05, 0.1) is 23.2 Å². The first-order valence-electron chi connectivity index (χ1n) is 8.78. The van der Waals surface area contributed by atoms with Crippen molar-refractivity contribution in [2.75, 3.05) is 0 Å². The molecule has 5 heteroatoms. The van der Waals surface area contributed by atoms with Crippen LogP contribution >= 0.6 is 0 Å². The highest BCUT2D eigenvalue weighted by Gasteiger charge is 2.27. The molecule has 5 nitrogen and oxygen atoms in total. The number of hydrogen-bond donors (Lipinski definition) is 0. The average molecular weight is 360 g/mol. The van der Waals surface area contributed by atoms with Crippen molar-refractivity contribution in [1.82, 2.24) is 5.16 Å². The quantitative estimate of drug-likeness (QED) is 0.476. The van der Waals surface area contributed by atoms with Crippen molar-refractivity contribution in [3.8, 4) is 22.9 Å². The van der Waals surface area contributed by atoms with Gasteiger partial charge in [-0.05, 0) is 55.7 Å². The molecule has 3 aromatic rings. The topological polar surface area (TPSA) is 76.1 Å². The van der Waals surface area contributed by atoms with Gasteiger partial charge in [0.1, 0.15) is 11.5 Å². The van der Waals surface area contributed by atoms with E-state index in [-0.39, 0.29) is 5.97 Å². The first-order valence-corrected chi connectivity index (χ1v) is 8.78. The fourth-order valence-electron chi connectivity index (χ4n) is 3.12. The Morgan fingerprint density at radius 2 is 1.70 bits per heavy atom. The maximum atomic E-state index is 12.6. The van der Waals surface area contributed by atoms with Crippen molar-refractivity contribution >= 4 is 5.97 Å². The van der Waals surface area contributed by atoms with Crippen molar-refractivity contribution in [1.29, 1.82) is 5.26 Å². The lowest BCUT2D eigenvalue weighted by molar-refractivity contribution is -0.136. The number of nitriles is 1. The molecule has 1 aromatic heterocycles. The first-order chi connectivity index (χ1) is 13.0. The molecule has 2 aromatic carbocycles. The van der Waals surface area contributed by atoms with E-state index in [0.29, 0.717) is 29.2 Å². The van der Waals surface area contributed by atoms with Crippen molar-refractivity contribution in [3.63, 3.8) is 0 Å². The molecule has 0 aliphatic heterocycles. The average Bonchev–Trinajstić information content (AvgIpc) is 3.02. The molecule has 0 amide bonds. The van der Waals surface area contributed by atoms with E-state index in [9.17, 15) is 4.79 Å². The fraction of sp³-hybridized carbons (Fsp3) is 0.227. The fourth-order valence-corrected chi connectivity index (χ4v) is 3.12. The van der Waals surface area contributed by atoms with E-state index in [1.54, 1.807) is 31.2 Å². The molecule has 0 saturated carbocycles. The summed E-state index contributed by atoms with van der Waals surface area (Å²) in [6.07, 6.45) is 0.602. The predicted molar refractivity (Wildman–Crippen MR) is 101 cm³/mol. The number of nitrogens with zero attached hydrogens (tertiary/aromatic N) is 2. The second kappa shape index (κ2) is 7.88. The largest absolute Gasteiger partial charge is 0.426 e. The standard InChI is InChI=1S/C22H20N2O3/c1-4-20(21-14(2)24-27-15(21)3)22(25)26-19-11-9-18(10-12-19)17-7-5-16(13-23)6-8-17/h5-12,20H,4H2,1-3H3. The van der Waals surface area contributed by atoms with Crippen LogP contribution in [0.3, 0.4) is 0 Å². The summed E-state index contributed by atoms with van der Waals surface area (Å²) in [6, 6.07) is 16.8. The van der Waals surface area contributed by atoms with Crippen molar-refractivity contribution in [3.05, 3.63) is 71.1 Å². The Morgan fingerprint density at radius 3 is 2.19 bits per heavy atom. The Kier molecular flexibility index (Phi) is 5.37. The number of rotatable bonds is 5. The van der Waals surface area contributed by atoms with E-state index in [1.165, 1.54) is 0 Å². The van der Waals surface area contributed by atoms with E-state index in [0.717, 1.165) is 16.7 Å². The number of hydrogen-bond acceptors (Lipinski definition) is 5. The van der Waals surface area contributed by atoms with E-state index in [4.69, 9.17) is 14.5 Å². The van der Waals surface area contributed by atoms with E-state index in [1.807, 2.05) is 38.1 Å². The second-order valence-corrected chi connectivity index (χ2v) is 6.33. The molecule has 136 valence electrons. The summed E-state index contributed by atoms with van der Waals surface area (Å²) in [7, 11) is 0. The Labute approximate surface area is 158 Å². The molecule has 0 saturated heterocycles. The SMILES string of the molecule is CCC(C(=O)Oc1ccc(-c2ccc(C#N)cc2)cc1)c1c(C)noc1C. The number of benzene rings is 2. The molecule has 27 heavy (non-hydrogen) atoms. The normalized spacial score (nSPS) is 11.6. The number of esters is 1. The van der Waals surface area contributed by atoms with Crippen LogP contribution in [-0.4, -0.2) is 11.1 Å². The third kappa shape index (κ3) is 3.90. The van der Waals surface area contributed by atoms with Gasteiger partial charge in [-0.1, -0.05) is 36.3 Å². The first kappa shape index (κ1) is 18.4. The van der Waals surface area contributed by atoms with Gasteiger partial charge in [-0.3, -0.25) is 4.79 Å². The number of carbonyl (C=O) groups is 1. The number of carbonyl (C=O) groups excluding carboxylic acids is 1. The lowest BCUT2D eigenvalue weighted by Crippen LogP contribution is -2.19. The molecule has 0 aliphatic rings. The summed E-state index contributed by atoms with van der Waals surface area (Å²) in [4.78, 5) is 12.6. The maximum Gasteiger partial charge on any atom is 0.319 e. The summed E-state index contributed by atoms with van der Waals surface area (Å²) >= 11 is 0. The van der Waals surface area contributed by atoms with Crippen LogP contribution in [0, 0.1) is 25.2 Å². The van der Waals surface area contributed by atoms with Crippen LogP contribution in [0.2, 0.25) is 0 Å². The molecule has 1 unspecified atom stereocenters. The second-order valence-electron chi connectivity index (χ2n) is 6.33. The van der Waals surface area contributed by atoms with Gasteiger partial charge in [-0.15, -0.1) is 0 Å². The Balaban J connectivity index is 1.75. The predicted octanol–water partition coefficient (Wildman–Crippen LogP) is 4.93. The van der Waals surface area contributed by atoms with Crippen LogP contribution in [0.5, 0.6) is 5.75 Å². The van der Waals surface area contributed by atoms with Crippen molar-refractivity contribution < 1.29 is 14.1 Å². The highest BCUT2D eigenvalue weighted by Crippen LogP contribution is 2.29. The Morgan fingerprint density at radius 1 is 1.11 bits per heavy atom. The minimum absolute atomic E-state index is 0.321.